The summed E-state index contributed by atoms with van der Waals surface area (Å²) in [6, 6.07) is 4.52. The first-order valence-electron chi connectivity index (χ1n) is 3.39. The zero-order chi connectivity index (χ0) is 9.90. The molecule has 0 spiro atoms. The van der Waals surface area contributed by atoms with Gasteiger partial charge in [-0.25, -0.2) is 0 Å². The summed E-state index contributed by atoms with van der Waals surface area (Å²) in [7, 11) is 0. The van der Waals surface area contributed by atoms with Crippen LogP contribution in [-0.4, -0.2) is 11.4 Å². The predicted octanol–water partition coefficient (Wildman–Crippen LogP) is 2.94. The summed E-state index contributed by atoms with van der Waals surface area (Å²) in [6.45, 7) is 0. The first-order valence-corrected chi connectivity index (χ1v) is 3.39. The summed E-state index contributed by atoms with van der Waals surface area (Å²) in [6.07, 6.45) is -3.42. The van der Waals surface area contributed by atoms with Gasteiger partial charge in [-0.2, -0.15) is 13.2 Å². The number of halogens is 4. The number of benzene rings is 1. The first kappa shape index (κ1) is 12.8. The van der Waals surface area contributed by atoms with Crippen molar-refractivity contribution >= 4 is 18.6 Å². The van der Waals surface area contributed by atoms with Gasteiger partial charge in [-0.15, -0.1) is 12.4 Å². The molecule has 1 aromatic rings. The molecule has 0 aliphatic carbocycles. The average Bonchev–Trinajstić information content (AvgIpc) is 2.04. The van der Waals surface area contributed by atoms with Crippen molar-refractivity contribution in [3.8, 4) is 0 Å². The average molecular weight is 226 g/mol. The monoisotopic (exact) mass is 225 g/mol. The molecule has 0 heterocycles. The molecule has 0 amide bonds. The fourth-order valence-electron chi connectivity index (χ4n) is 0.862. The van der Waals surface area contributed by atoms with E-state index in [1.54, 1.807) is 0 Å². The molecule has 0 aromatic heterocycles. The SMILES string of the molecule is Cl.O/N=C\c1cccc(C(F)(F)F)c1. The van der Waals surface area contributed by atoms with Crippen molar-refractivity contribution in [1.82, 2.24) is 0 Å². The molecule has 1 N–H and O–H groups in total. The van der Waals surface area contributed by atoms with Crippen LogP contribution in [-0.2, 0) is 6.18 Å². The second kappa shape index (κ2) is 4.85. The van der Waals surface area contributed by atoms with E-state index in [1.165, 1.54) is 12.1 Å². The van der Waals surface area contributed by atoms with Gasteiger partial charge in [0.05, 0.1) is 11.8 Å². The third-order valence-electron chi connectivity index (χ3n) is 1.42. The van der Waals surface area contributed by atoms with Gasteiger partial charge < -0.3 is 5.21 Å². The summed E-state index contributed by atoms with van der Waals surface area (Å²) in [5, 5.41) is 10.7. The van der Waals surface area contributed by atoms with Crippen LogP contribution in [0.25, 0.3) is 0 Å². The van der Waals surface area contributed by atoms with Crippen molar-refractivity contribution in [2.24, 2.45) is 5.16 Å². The van der Waals surface area contributed by atoms with E-state index in [4.69, 9.17) is 5.21 Å². The Balaban J connectivity index is 0.00000169. The van der Waals surface area contributed by atoms with Crippen LogP contribution in [0.3, 0.4) is 0 Å². The van der Waals surface area contributed by atoms with Gasteiger partial charge in [0.25, 0.3) is 0 Å². The Morgan fingerprint density at radius 3 is 2.43 bits per heavy atom. The predicted molar refractivity (Wildman–Crippen MR) is 48.1 cm³/mol. The zero-order valence-electron chi connectivity index (χ0n) is 6.82. The minimum absolute atomic E-state index is 0. The minimum Gasteiger partial charge on any atom is -0.411 e. The maximum absolute atomic E-state index is 12.1. The Morgan fingerprint density at radius 2 is 1.93 bits per heavy atom. The molecule has 78 valence electrons. The smallest absolute Gasteiger partial charge is 0.411 e. The fourth-order valence-corrected chi connectivity index (χ4v) is 0.862. The van der Waals surface area contributed by atoms with E-state index in [1.807, 2.05) is 0 Å². The Labute approximate surface area is 84.5 Å². The van der Waals surface area contributed by atoms with Crippen LogP contribution in [0.1, 0.15) is 11.1 Å². The van der Waals surface area contributed by atoms with Crippen molar-refractivity contribution < 1.29 is 18.4 Å². The standard InChI is InChI=1S/C8H6F3NO.ClH/c9-8(10,11)7-3-1-2-6(4-7)5-12-13;/h1-5,13H;1H/b12-5-;. The number of hydrogen-bond donors (Lipinski definition) is 1. The fraction of sp³-hybridized carbons (Fsp3) is 0.125. The van der Waals surface area contributed by atoms with Gasteiger partial charge >= 0.3 is 6.18 Å². The Bertz CT molecular complexity index is 325. The van der Waals surface area contributed by atoms with Crippen LogP contribution in [0.2, 0.25) is 0 Å². The number of rotatable bonds is 1. The van der Waals surface area contributed by atoms with Gasteiger partial charge in [0.2, 0.25) is 0 Å². The van der Waals surface area contributed by atoms with E-state index in [-0.39, 0.29) is 18.0 Å². The lowest BCUT2D eigenvalue weighted by Gasteiger charge is -2.05. The highest BCUT2D eigenvalue weighted by Gasteiger charge is 2.30. The molecule has 0 unspecified atom stereocenters. The molecule has 2 nitrogen and oxygen atoms in total. The number of oxime groups is 1. The Morgan fingerprint density at radius 1 is 1.29 bits per heavy atom. The van der Waals surface area contributed by atoms with Crippen LogP contribution >= 0.6 is 12.4 Å². The van der Waals surface area contributed by atoms with Gasteiger partial charge in [-0.1, -0.05) is 17.3 Å². The van der Waals surface area contributed by atoms with Gasteiger partial charge in [-0.3, -0.25) is 0 Å². The molecule has 0 radical (unpaired) electrons. The van der Waals surface area contributed by atoms with Gasteiger partial charge in [0, 0.05) is 0 Å². The lowest BCUT2D eigenvalue weighted by molar-refractivity contribution is -0.137. The molecular formula is C8H7ClF3NO. The number of nitrogens with zero attached hydrogens (tertiary/aromatic N) is 1. The minimum atomic E-state index is -4.36. The molecule has 0 fully saturated rings. The second-order valence-electron chi connectivity index (χ2n) is 2.37. The number of hydrogen-bond acceptors (Lipinski definition) is 2. The van der Waals surface area contributed by atoms with Crippen molar-refractivity contribution in [2.45, 2.75) is 6.18 Å². The van der Waals surface area contributed by atoms with Gasteiger partial charge in [0.1, 0.15) is 0 Å². The van der Waals surface area contributed by atoms with Crippen LogP contribution < -0.4 is 0 Å². The lowest BCUT2D eigenvalue weighted by Crippen LogP contribution is -2.04. The second-order valence-corrected chi connectivity index (χ2v) is 2.37. The maximum atomic E-state index is 12.1. The molecule has 0 saturated heterocycles. The highest BCUT2D eigenvalue weighted by atomic mass is 35.5. The molecule has 0 aliphatic heterocycles. The summed E-state index contributed by atoms with van der Waals surface area (Å²) < 4.78 is 36.3. The summed E-state index contributed by atoms with van der Waals surface area (Å²) in [5.74, 6) is 0. The van der Waals surface area contributed by atoms with E-state index in [9.17, 15) is 13.2 Å². The molecule has 6 heteroatoms. The maximum Gasteiger partial charge on any atom is 0.416 e. The molecule has 1 rings (SSSR count). The molecular weight excluding hydrogens is 219 g/mol. The van der Waals surface area contributed by atoms with Crippen molar-refractivity contribution in [2.75, 3.05) is 0 Å². The third kappa shape index (κ3) is 3.26. The molecule has 1 aromatic carbocycles. The topological polar surface area (TPSA) is 32.6 Å². The molecule has 0 saturated carbocycles. The molecule has 14 heavy (non-hydrogen) atoms. The normalized spacial score (nSPS) is 11.4. The molecule has 0 aliphatic rings. The van der Waals surface area contributed by atoms with Crippen LogP contribution in [0.5, 0.6) is 0 Å². The van der Waals surface area contributed by atoms with Crippen LogP contribution in [0.4, 0.5) is 13.2 Å². The van der Waals surface area contributed by atoms with Crippen molar-refractivity contribution in [1.29, 1.82) is 0 Å². The highest BCUT2D eigenvalue weighted by molar-refractivity contribution is 5.85. The first-order chi connectivity index (χ1) is 6.04. The quantitative estimate of drug-likeness (QED) is 0.445. The van der Waals surface area contributed by atoms with Crippen molar-refractivity contribution in [3.05, 3.63) is 35.4 Å². The lowest BCUT2D eigenvalue weighted by atomic mass is 10.1. The number of alkyl halides is 3. The summed E-state index contributed by atoms with van der Waals surface area (Å²) >= 11 is 0. The third-order valence-corrected chi connectivity index (χ3v) is 1.42. The van der Waals surface area contributed by atoms with E-state index < -0.39 is 11.7 Å². The van der Waals surface area contributed by atoms with E-state index in [0.717, 1.165) is 18.3 Å². The van der Waals surface area contributed by atoms with E-state index in [0.29, 0.717) is 0 Å². The van der Waals surface area contributed by atoms with E-state index in [2.05, 4.69) is 5.16 Å². The summed E-state index contributed by atoms with van der Waals surface area (Å²) in [4.78, 5) is 0. The Kier molecular flexibility index (Phi) is 4.43. The largest absolute Gasteiger partial charge is 0.416 e. The Hall–Kier alpha value is -1.23. The van der Waals surface area contributed by atoms with E-state index >= 15 is 0 Å². The van der Waals surface area contributed by atoms with Gasteiger partial charge in [0.15, 0.2) is 0 Å². The van der Waals surface area contributed by atoms with Gasteiger partial charge in [-0.05, 0) is 17.7 Å². The van der Waals surface area contributed by atoms with Crippen LogP contribution in [0, 0.1) is 0 Å². The molecule has 0 atom stereocenters. The summed E-state index contributed by atoms with van der Waals surface area (Å²) in [5.41, 5.74) is -0.553. The van der Waals surface area contributed by atoms with Crippen LogP contribution in [0.15, 0.2) is 29.4 Å². The highest BCUT2D eigenvalue weighted by Crippen LogP contribution is 2.29. The zero-order valence-corrected chi connectivity index (χ0v) is 7.64. The van der Waals surface area contributed by atoms with Crippen molar-refractivity contribution in [3.63, 3.8) is 0 Å². The molecule has 0 bridgehead atoms.